The maximum Gasteiger partial charge on any atom is 0.161 e. The van der Waals surface area contributed by atoms with Crippen molar-refractivity contribution in [1.82, 2.24) is 9.97 Å². The summed E-state index contributed by atoms with van der Waals surface area (Å²) in [5.74, 6) is 1.85. The molecule has 0 fully saturated rings. The third kappa shape index (κ3) is 3.34. The minimum Gasteiger partial charge on any atom is -0.485 e. The average molecular weight is 565 g/mol. The summed E-state index contributed by atoms with van der Waals surface area (Å²) in [4.78, 5) is 10.5. The lowest BCUT2D eigenvalue weighted by molar-refractivity contribution is 0.269. The molecule has 4 nitrogen and oxygen atoms in total. The highest BCUT2D eigenvalue weighted by molar-refractivity contribution is 6.35. The van der Waals surface area contributed by atoms with Crippen LogP contribution in [0.2, 0.25) is 0 Å². The molecule has 44 heavy (non-hydrogen) atoms. The zero-order valence-electron chi connectivity index (χ0n) is 23.6. The van der Waals surface area contributed by atoms with Crippen molar-refractivity contribution >= 4 is 49.1 Å². The summed E-state index contributed by atoms with van der Waals surface area (Å²) in [6.45, 7) is 0. The molecular weight excluding hydrogens is 540 g/mol. The standard InChI is InChI=1S/C40H24N2O2/c1-2-9-23(10-3-1)31-22-32(24-17-18-27-26-12-6-7-15-33(26)43-36(27)21-24)42-40(41-31)30-19-20-35-39-37(30)28-13-5-4-11-25(28)29-14-8-16-34(44-35)38(29)39/h1-22,27,36H. The highest BCUT2D eigenvalue weighted by Gasteiger charge is 2.33. The van der Waals surface area contributed by atoms with Crippen molar-refractivity contribution in [2.75, 3.05) is 0 Å². The maximum atomic E-state index is 6.38. The number of fused-ring (bicyclic) bond motifs is 6. The Labute approximate surface area is 252 Å². The van der Waals surface area contributed by atoms with Gasteiger partial charge in [0.2, 0.25) is 0 Å². The molecule has 1 aliphatic carbocycles. The van der Waals surface area contributed by atoms with E-state index in [0.717, 1.165) is 61.2 Å². The molecule has 2 unspecified atom stereocenters. The summed E-state index contributed by atoms with van der Waals surface area (Å²) in [7, 11) is 0. The van der Waals surface area contributed by atoms with Gasteiger partial charge in [0.15, 0.2) is 5.82 Å². The first-order valence-electron chi connectivity index (χ1n) is 15.0. The van der Waals surface area contributed by atoms with Crippen LogP contribution in [-0.4, -0.2) is 16.1 Å². The van der Waals surface area contributed by atoms with Crippen LogP contribution in [0.5, 0.6) is 5.75 Å². The van der Waals surface area contributed by atoms with Crippen LogP contribution in [0.4, 0.5) is 0 Å². The second-order valence-corrected chi connectivity index (χ2v) is 11.6. The number of rotatable bonds is 3. The van der Waals surface area contributed by atoms with Gasteiger partial charge in [-0.25, -0.2) is 9.97 Å². The highest BCUT2D eigenvalue weighted by atomic mass is 16.5. The number of hydrogen-bond donors (Lipinski definition) is 0. The number of allylic oxidation sites excluding steroid dienone is 2. The van der Waals surface area contributed by atoms with Crippen molar-refractivity contribution in [3.05, 3.63) is 145 Å². The maximum absolute atomic E-state index is 6.38. The van der Waals surface area contributed by atoms with E-state index >= 15 is 0 Å². The van der Waals surface area contributed by atoms with Crippen molar-refractivity contribution in [2.24, 2.45) is 0 Å². The number of hydrogen-bond acceptors (Lipinski definition) is 4. The quantitative estimate of drug-likeness (QED) is 0.200. The van der Waals surface area contributed by atoms with Crippen LogP contribution in [0.1, 0.15) is 17.2 Å². The van der Waals surface area contributed by atoms with Crippen LogP contribution in [-0.2, 0) is 0 Å². The van der Waals surface area contributed by atoms with Gasteiger partial charge in [0.05, 0.1) is 11.4 Å². The molecule has 0 N–H and O–H groups in total. The van der Waals surface area contributed by atoms with Gasteiger partial charge in [-0.05, 0) is 58.1 Å². The third-order valence-electron chi connectivity index (χ3n) is 9.20. The van der Waals surface area contributed by atoms with Gasteiger partial charge < -0.3 is 9.15 Å². The molecule has 0 radical (unpaired) electrons. The van der Waals surface area contributed by atoms with Gasteiger partial charge in [-0.2, -0.15) is 0 Å². The Hall–Kier alpha value is -5.74. The summed E-state index contributed by atoms with van der Waals surface area (Å²) in [5, 5.41) is 6.96. The molecule has 0 amide bonds. The third-order valence-corrected chi connectivity index (χ3v) is 9.20. The van der Waals surface area contributed by atoms with Crippen LogP contribution in [0, 0.1) is 0 Å². The number of benzene rings is 6. The van der Waals surface area contributed by atoms with E-state index in [1.54, 1.807) is 0 Å². The number of ether oxygens (including phenoxy) is 1. The molecule has 6 aromatic carbocycles. The van der Waals surface area contributed by atoms with E-state index in [2.05, 4.69) is 121 Å². The molecule has 3 heterocycles. The van der Waals surface area contributed by atoms with Crippen LogP contribution >= 0.6 is 0 Å². The Morgan fingerprint density at radius 1 is 0.591 bits per heavy atom. The van der Waals surface area contributed by atoms with E-state index in [1.165, 1.54) is 21.7 Å². The van der Waals surface area contributed by atoms with Crippen LogP contribution in [0.3, 0.4) is 0 Å². The monoisotopic (exact) mass is 564 g/mol. The van der Waals surface area contributed by atoms with E-state index in [4.69, 9.17) is 19.1 Å². The van der Waals surface area contributed by atoms with Crippen molar-refractivity contribution in [2.45, 2.75) is 12.0 Å². The van der Waals surface area contributed by atoms with Gasteiger partial charge in [0.1, 0.15) is 23.0 Å². The Morgan fingerprint density at radius 3 is 2.27 bits per heavy atom. The van der Waals surface area contributed by atoms with Gasteiger partial charge in [0.25, 0.3) is 0 Å². The second-order valence-electron chi connectivity index (χ2n) is 11.6. The number of aromatic nitrogens is 2. The molecule has 10 rings (SSSR count). The minimum atomic E-state index is -0.0638. The molecule has 2 aliphatic rings. The fourth-order valence-corrected chi connectivity index (χ4v) is 7.23. The van der Waals surface area contributed by atoms with Crippen LogP contribution in [0.15, 0.2) is 138 Å². The Kier molecular flexibility index (Phi) is 4.80. The fourth-order valence-electron chi connectivity index (χ4n) is 7.23. The summed E-state index contributed by atoms with van der Waals surface area (Å²) in [5.41, 5.74) is 7.83. The molecule has 1 aliphatic heterocycles. The molecule has 8 aromatic rings. The first-order valence-corrected chi connectivity index (χ1v) is 15.0. The molecule has 0 saturated heterocycles. The van der Waals surface area contributed by atoms with Gasteiger partial charge in [0, 0.05) is 38.8 Å². The first-order chi connectivity index (χ1) is 21.8. The number of furan rings is 1. The lowest BCUT2D eigenvalue weighted by Crippen LogP contribution is -2.17. The van der Waals surface area contributed by atoms with Gasteiger partial charge in [-0.3, -0.25) is 0 Å². The predicted molar refractivity (Wildman–Crippen MR) is 177 cm³/mol. The van der Waals surface area contributed by atoms with Crippen molar-refractivity contribution in [1.29, 1.82) is 0 Å². The Morgan fingerprint density at radius 2 is 1.34 bits per heavy atom. The SMILES string of the molecule is C1=CC2c3ccccc3OC2C=C1c1cc(-c2ccccc2)nc(-c2ccc3oc4cccc5c6ccccc6c2c3c45)n1. The van der Waals surface area contributed by atoms with E-state index < -0.39 is 0 Å². The normalized spacial score (nSPS) is 17.3. The summed E-state index contributed by atoms with van der Waals surface area (Å²) < 4.78 is 12.8. The largest absolute Gasteiger partial charge is 0.485 e. The highest BCUT2D eigenvalue weighted by Crippen LogP contribution is 2.46. The average Bonchev–Trinajstić information content (AvgIpc) is 3.66. The Bertz CT molecular complexity index is 2490. The van der Waals surface area contributed by atoms with E-state index in [0.29, 0.717) is 5.82 Å². The molecule has 0 bridgehead atoms. The number of para-hydroxylation sites is 1. The topological polar surface area (TPSA) is 48.2 Å². The van der Waals surface area contributed by atoms with Gasteiger partial charge in [-0.15, -0.1) is 0 Å². The lowest BCUT2D eigenvalue weighted by atomic mass is 9.88. The summed E-state index contributed by atoms with van der Waals surface area (Å²) >= 11 is 0. The zero-order valence-corrected chi connectivity index (χ0v) is 23.6. The Balaban J connectivity index is 1.23. The van der Waals surface area contributed by atoms with Crippen molar-refractivity contribution < 1.29 is 9.15 Å². The molecule has 2 atom stereocenters. The molecule has 206 valence electrons. The molecule has 4 heteroatoms. The fraction of sp³-hybridized carbons (Fsp3) is 0.0500. The predicted octanol–water partition coefficient (Wildman–Crippen LogP) is 9.95. The lowest BCUT2D eigenvalue weighted by Gasteiger charge is -2.19. The van der Waals surface area contributed by atoms with Gasteiger partial charge >= 0.3 is 0 Å². The molecule has 2 aromatic heterocycles. The smallest absolute Gasteiger partial charge is 0.161 e. The molecular formula is C40H24N2O2. The van der Waals surface area contributed by atoms with E-state index in [9.17, 15) is 0 Å². The van der Waals surface area contributed by atoms with E-state index in [-0.39, 0.29) is 12.0 Å². The zero-order chi connectivity index (χ0) is 28.8. The van der Waals surface area contributed by atoms with Gasteiger partial charge in [-0.1, -0.05) is 97.1 Å². The summed E-state index contributed by atoms with van der Waals surface area (Å²) in [6.07, 6.45) is 6.59. The first kappa shape index (κ1) is 23.8. The van der Waals surface area contributed by atoms with E-state index in [1.807, 2.05) is 12.1 Å². The number of nitrogens with zero attached hydrogens (tertiary/aromatic N) is 2. The van der Waals surface area contributed by atoms with Crippen molar-refractivity contribution in [3.63, 3.8) is 0 Å². The van der Waals surface area contributed by atoms with Crippen LogP contribution in [0.25, 0.3) is 71.7 Å². The van der Waals surface area contributed by atoms with Crippen LogP contribution < -0.4 is 4.74 Å². The second kappa shape index (κ2) is 8.88. The van der Waals surface area contributed by atoms with Crippen molar-refractivity contribution in [3.8, 4) is 28.4 Å². The molecule has 0 saturated carbocycles. The summed E-state index contributed by atoms with van der Waals surface area (Å²) in [6, 6.07) is 39.9. The molecule has 0 spiro atoms. The minimum absolute atomic E-state index is 0.0638.